The summed E-state index contributed by atoms with van der Waals surface area (Å²) in [5, 5.41) is 2.56. The standard InChI is InChI=1S/C12H14Cl2FNO/c1-8(5-6-13)7-16-12(17)9-3-2-4-10(15)11(9)14/h2-4,8H,5-7H2,1H3,(H,16,17). The van der Waals surface area contributed by atoms with Crippen LogP contribution in [0.1, 0.15) is 23.7 Å². The second kappa shape index (κ2) is 6.82. The highest BCUT2D eigenvalue weighted by Crippen LogP contribution is 2.19. The number of nitrogens with one attached hydrogen (secondary N) is 1. The molecule has 0 saturated carbocycles. The lowest BCUT2D eigenvalue weighted by Gasteiger charge is -2.11. The molecule has 0 heterocycles. The number of halogens is 3. The van der Waals surface area contributed by atoms with Crippen molar-refractivity contribution in [3.05, 3.63) is 34.6 Å². The van der Waals surface area contributed by atoms with Gasteiger partial charge in [-0.3, -0.25) is 4.79 Å². The van der Waals surface area contributed by atoms with Crippen LogP contribution < -0.4 is 5.32 Å². The molecule has 0 aliphatic rings. The number of benzene rings is 1. The van der Waals surface area contributed by atoms with Crippen LogP contribution in [0, 0.1) is 11.7 Å². The molecule has 0 spiro atoms. The molecule has 1 aromatic carbocycles. The first-order valence-corrected chi connectivity index (χ1v) is 6.25. The Hall–Kier alpha value is -0.800. The maximum atomic E-state index is 13.1. The van der Waals surface area contributed by atoms with Gasteiger partial charge in [-0.2, -0.15) is 0 Å². The molecular formula is C12H14Cl2FNO. The van der Waals surface area contributed by atoms with Gasteiger partial charge in [0.2, 0.25) is 0 Å². The molecule has 1 atom stereocenters. The highest BCUT2D eigenvalue weighted by molar-refractivity contribution is 6.34. The Kier molecular flexibility index (Phi) is 5.72. The van der Waals surface area contributed by atoms with Crippen molar-refractivity contribution in [1.82, 2.24) is 5.32 Å². The molecule has 1 N–H and O–H groups in total. The lowest BCUT2D eigenvalue weighted by molar-refractivity contribution is 0.0947. The minimum absolute atomic E-state index is 0.144. The second-order valence-electron chi connectivity index (χ2n) is 3.89. The number of hydrogen-bond donors (Lipinski definition) is 1. The van der Waals surface area contributed by atoms with Crippen LogP contribution in [0.2, 0.25) is 5.02 Å². The van der Waals surface area contributed by atoms with E-state index in [1.54, 1.807) is 0 Å². The van der Waals surface area contributed by atoms with Crippen molar-refractivity contribution >= 4 is 29.1 Å². The zero-order valence-electron chi connectivity index (χ0n) is 9.47. The van der Waals surface area contributed by atoms with Crippen LogP contribution in [0.3, 0.4) is 0 Å². The van der Waals surface area contributed by atoms with Gasteiger partial charge in [-0.25, -0.2) is 4.39 Å². The van der Waals surface area contributed by atoms with Gasteiger partial charge in [0.05, 0.1) is 10.6 Å². The van der Waals surface area contributed by atoms with Gasteiger partial charge in [0, 0.05) is 12.4 Å². The number of amides is 1. The number of carbonyl (C=O) groups excluding carboxylic acids is 1. The smallest absolute Gasteiger partial charge is 0.252 e. The summed E-state index contributed by atoms with van der Waals surface area (Å²) in [6.45, 7) is 2.48. The average Bonchev–Trinajstić information content (AvgIpc) is 2.30. The van der Waals surface area contributed by atoms with Gasteiger partial charge in [0.15, 0.2) is 0 Å². The van der Waals surface area contributed by atoms with E-state index in [4.69, 9.17) is 23.2 Å². The molecule has 0 bridgehead atoms. The van der Waals surface area contributed by atoms with Crippen molar-refractivity contribution in [2.75, 3.05) is 12.4 Å². The Bertz CT molecular complexity index is 398. The number of rotatable bonds is 5. The van der Waals surface area contributed by atoms with Crippen molar-refractivity contribution < 1.29 is 9.18 Å². The maximum absolute atomic E-state index is 13.1. The summed E-state index contributed by atoms with van der Waals surface area (Å²) in [5.41, 5.74) is 0.157. The van der Waals surface area contributed by atoms with E-state index in [-0.39, 0.29) is 22.4 Å². The minimum Gasteiger partial charge on any atom is -0.352 e. The van der Waals surface area contributed by atoms with Crippen LogP contribution in [-0.4, -0.2) is 18.3 Å². The van der Waals surface area contributed by atoms with E-state index in [1.807, 2.05) is 6.92 Å². The molecule has 1 rings (SSSR count). The minimum atomic E-state index is -0.590. The first kappa shape index (κ1) is 14.3. The predicted octanol–water partition coefficient (Wildman–Crippen LogP) is 3.47. The molecule has 1 amide bonds. The summed E-state index contributed by atoms with van der Waals surface area (Å²) >= 11 is 11.3. The second-order valence-corrected chi connectivity index (χ2v) is 4.65. The summed E-state index contributed by atoms with van der Waals surface area (Å²) < 4.78 is 13.1. The summed E-state index contributed by atoms with van der Waals surface area (Å²) in [4.78, 5) is 11.7. The molecular weight excluding hydrogens is 264 g/mol. The molecule has 17 heavy (non-hydrogen) atoms. The van der Waals surface area contributed by atoms with Crippen LogP contribution in [-0.2, 0) is 0 Å². The quantitative estimate of drug-likeness (QED) is 0.821. The van der Waals surface area contributed by atoms with Crippen molar-refractivity contribution in [3.63, 3.8) is 0 Å². The monoisotopic (exact) mass is 277 g/mol. The normalized spacial score (nSPS) is 12.2. The van der Waals surface area contributed by atoms with E-state index < -0.39 is 5.82 Å². The molecule has 0 saturated heterocycles. The van der Waals surface area contributed by atoms with Crippen LogP contribution >= 0.6 is 23.2 Å². The fraction of sp³-hybridized carbons (Fsp3) is 0.417. The largest absolute Gasteiger partial charge is 0.352 e. The molecule has 0 fully saturated rings. The third-order valence-corrected chi connectivity index (χ3v) is 3.01. The molecule has 1 unspecified atom stereocenters. The predicted molar refractivity (Wildman–Crippen MR) is 68.2 cm³/mol. The fourth-order valence-corrected chi connectivity index (χ4v) is 1.91. The van der Waals surface area contributed by atoms with Gasteiger partial charge < -0.3 is 5.32 Å². The molecule has 2 nitrogen and oxygen atoms in total. The van der Waals surface area contributed by atoms with E-state index in [0.29, 0.717) is 12.4 Å². The number of alkyl halides is 1. The summed E-state index contributed by atoms with van der Waals surface area (Å²) in [5.74, 6) is -0.120. The van der Waals surface area contributed by atoms with E-state index in [2.05, 4.69) is 5.32 Å². The molecule has 0 radical (unpaired) electrons. The third kappa shape index (κ3) is 4.17. The van der Waals surface area contributed by atoms with Gasteiger partial charge >= 0.3 is 0 Å². The number of carbonyl (C=O) groups is 1. The van der Waals surface area contributed by atoms with Crippen molar-refractivity contribution in [1.29, 1.82) is 0 Å². The highest BCUT2D eigenvalue weighted by Gasteiger charge is 2.13. The Morgan fingerprint density at radius 3 is 2.88 bits per heavy atom. The van der Waals surface area contributed by atoms with Crippen LogP contribution in [0.4, 0.5) is 4.39 Å². The fourth-order valence-electron chi connectivity index (χ4n) is 1.33. The first-order chi connectivity index (χ1) is 8.06. The van der Waals surface area contributed by atoms with Gasteiger partial charge in [-0.1, -0.05) is 24.6 Å². The molecule has 94 valence electrons. The SMILES string of the molecule is CC(CCCl)CNC(=O)c1cccc(F)c1Cl. The van der Waals surface area contributed by atoms with Gasteiger partial charge in [-0.15, -0.1) is 11.6 Å². The zero-order chi connectivity index (χ0) is 12.8. The van der Waals surface area contributed by atoms with Crippen LogP contribution in [0.5, 0.6) is 0 Å². The Morgan fingerprint density at radius 1 is 1.53 bits per heavy atom. The Morgan fingerprint density at radius 2 is 2.24 bits per heavy atom. The van der Waals surface area contributed by atoms with E-state index in [0.717, 1.165) is 6.42 Å². The Labute approximate surface area is 110 Å². The van der Waals surface area contributed by atoms with Gasteiger partial charge in [0.25, 0.3) is 5.91 Å². The van der Waals surface area contributed by atoms with Crippen molar-refractivity contribution in [2.24, 2.45) is 5.92 Å². The lowest BCUT2D eigenvalue weighted by Crippen LogP contribution is -2.28. The van der Waals surface area contributed by atoms with Crippen LogP contribution in [0.15, 0.2) is 18.2 Å². The first-order valence-electron chi connectivity index (χ1n) is 5.34. The molecule has 0 aliphatic heterocycles. The Balaban J connectivity index is 2.61. The molecule has 0 aliphatic carbocycles. The summed E-state index contributed by atoms with van der Waals surface area (Å²) in [6.07, 6.45) is 0.818. The van der Waals surface area contributed by atoms with Crippen molar-refractivity contribution in [2.45, 2.75) is 13.3 Å². The van der Waals surface area contributed by atoms with Crippen molar-refractivity contribution in [3.8, 4) is 0 Å². The highest BCUT2D eigenvalue weighted by atomic mass is 35.5. The molecule has 1 aromatic rings. The van der Waals surface area contributed by atoms with Gasteiger partial charge in [0.1, 0.15) is 5.82 Å². The average molecular weight is 278 g/mol. The summed E-state index contributed by atoms with van der Waals surface area (Å²) in [6, 6.07) is 4.17. The lowest BCUT2D eigenvalue weighted by atomic mass is 10.1. The third-order valence-electron chi connectivity index (χ3n) is 2.41. The van der Waals surface area contributed by atoms with Crippen LogP contribution in [0.25, 0.3) is 0 Å². The maximum Gasteiger partial charge on any atom is 0.252 e. The number of hydrogen-bond acceptors (Lipinski definition) is 1. The zero-order valence-corrected chi connectivity index (χ0v) is 11.0. The topological polar surface area (TPSA) is 29.1 Å². The van der Waals surface area contributed by atoms with E-state index in [9.17, 15) is 9.18 Å². The summed E-state index contributed by atoms with van der Waals surface area (Å²) in [7, 11) is 0. The molecule has 5 heteroatoms. The van der Waals surface area contributed by atoms with E-state index in [1.165, 1.54) is 18.2 Å². The molecule has 0 aromatic heterocycles. The van der Waals surface area contributed by atoms with E-state index >= 15 is 0 Å². The van der Waals surface area contributed by atoms with Gasteiger partial charge in [-0.05, 0) is 24.5 Å².